The van der Waals surface area contributed by atoms with E-state index in [0.717, 1.165) is 17.0 Å². The minimum atomic E-state index is -0.470. The monoisotopic (exact) mass is 263 g/mol. The standard InChI is InChI=1S/C15H25N3O/c1-8-9(13(17)19)11(14(2,3)4)18-12(10(8)16)15(5,6)7/h16H2,1-7H3,(H2,17,19). The number of rotatable bonds is 1. The van der Waals surface area contributed by atoms with E-state index in [1.807, 2.05) is 27.7 Å². The zero-order chi connectivity index (χ0) is 15.2. The Morgan fingerprint density at radius 3 is 1.74 bits per heavy atom. The van der Waals surface area contributed by atoms with Gasteiger partial charge in [-0.2, -0.15) is 0 Å². The molecule has 0 aliphatic carbocycles. The molecule has 0 fully saturated rings. The summed E-state index contributed by atoms with van der Waals surface area (Å²) in [5, 5.41) is 0. The Kier molecular flexibility index (Phi) is 3.67. The maximum absolute atomic E-state index is 11.7. The van der Waals surface area contributed by atoms with Gasteiger partial charge in [-0.25, -0.2) is 0 Å². The number of nitrogens with two attached hydrogens (primary N) is 2. The first-order valence-electron chi connectivity index (χ1n) is 6.48. The third-order valence-corrected chi connectivity index (χ3v) is 3.16. The predicted octanol–water partition coefficient (Wildman–Crippen LogP) is 2.67. The van der Waals surface area contributed by atoms with Crippen molar-refractivity contribution in [3.63, 3.8) is 0 Å². The number of aromatic nitrogens is 1. The third-order valence-electron chi connectivity index (χ3n) is 3.16. The molecule has 1 amide bonds. The number of amides is 1. The van der Waals surface area contributed by atoms with Gasteiger partial charge in [-0.15, -0.1) is 0 Å². The summed E-state index contributed by atoms with van der Waals surface area (Å²) in [6, 6.07) is 0. The highest BCUT2D eigenvalue weighted by atomic mass is 16.1. The second kappa shape index (κ2) is 4.51. The van der Waals surface area contributed by atoms with Crippen molar-refractivity contribution < 1.29 is 4.79 Å². The molecule has 1 aromatic heterocycles. The number of primary amides is 1. The molecule has 0 radical (unpaired) electrons. The summed E-state index contributed by atoms with van der Waals surface area (Å²) < 4.78 is 0. The van der Waals surface area contributed by atoms with Crippen LogP contribution in [-0.2, 0) is 10.8 Å². The van der Waals surface area contributed by atoms with E-state index in [-0.39, 0.29) is 10.8 Å². The molecule has 1 rings (SSSR count). The van der Waals surface area contributed by atoms with Crippen molar-refractivity contribution in [2.75, 3.05) is 5.73 Å². The lowest BCUT2D eigenvalue weighted by molar-refractivity contribution is 0.0997. The topological polar surface area (TPSA) is 82.0 Å². The van der Waals surface area contributed by atoms with Gasteiger partial charge in [0.15, 0.2) is 0 Å². The Labute approximate surface area is 115 Å². The highest BCUT2D eigenvalue weighted by Gasteiger charge is 2.30. The summed E-state index contributed by atoms with van der Waals surface area (Å²) in [6.45, 7) is 14.1. The zero-order valence-corrected chi connectivity index (χ0v) is 13.0. The molecule has 1 heterocycles. The fourth-order valence-electron chi connectivity index (χ4n) is 2.13. The quantitative estimate of drug-likeness (QED) is 0.817. The van der Waals surface area contributed by atoms with Gasteiger partial charge in [0, 0.05) is 10.8 Å². The Hall–Kier alpha value is -1.58. The molecular formula is C15H25N3O. The van der Waals surface area contributed by atoms with Crippen molar-refractivity contribution in [2.45, 2.75) is 59.3 Å². The lowest BCUT2D eigenvalue weighted by atomic mass is 9.82. The molecule has 4 nitrogen and oxygen atoms in total. The van der Waals surface area contributed by atoms with Crippen molar-refractivity contribution >= 4 is 11.6 Å². The van der Waals surface area contributed by atoms with Gasteiger partial charge in [0.1, 0.15) is 0 Å². The molecule has 0 unspecified atom stereocenters. The molecular weight excluding hydrogens is 238 g/mol. The lowest BCUT2D eigenvalue weighted by Gasteiger charge is -2.28. The van der Waals surface area contributed by atoms with Crippen molar-refractivity contribution in [3.8, 4) is 0 Å². The molecule has 4 heteroatoms. The van der Waals surface area contributed by atoms with Crippen LogP contribution in [0.5, 0.6) is 0 Å². The van der Waals surface area contributed by atoms with Gasteiger partial charge in [0.25, 0.3) is 5.91 Å². The van der Waals surface area contributed by atoms with Crippen molar-refractivity contribution in [2.24, 2.45) is 5.73 Å². The number of carbonyl (C=O) groups excluding carboxylic acids is 1. The van der Waals surface area contributed by atoms with Crippen LogP contribution in [0.15, 0.2) is 0 Å². The van der Waals surface area contributed by atoms with Crippen LogP contribution in [0.1, 0.15) is 68.9 Å². The average Bonchev–Trinajstić information content (AvgIpc) is 2.17. The molecule has 0 aliphatic rings. The van der Waals surface area contributed by atoms with E-state index in [4.69, 9.17) is 11.5 Å². The van der Waals surface area contributed by atoms with E-state index >= 15 is 0 Å². The number of hydrogen-bond acceptors (Lipinski definition) is 3. The van der Waals surface area contributed by atoms with Crippen LogP contribution >= 0.6 is 0 Å². The first-order valence-corrected chi connectivity index (χ1v) is 6.48. The fraction of sp³-hybridized carbons (Fsp3) is 0.600. The van der Waals surface area contributed by atoms with Crippen molar-refractivity contribution in [1.29, 1.82) is 0 Å². The van der Waals surface area contributed by atoms with E-state index in [1.54, 1.807) is 0 Å². The van der Waals surface area contributed by atoms with Gasteiger partial charge in [-0.1, -0.05) is 41.5 Å². The highest BCUT2D eigenvalue weighted by molar-refractivity contribution is 5.97. The molecule has 0 atom stereocenters. The highest BCUT2D eigenvalue weighted by Crippen LogP contribution is 2.35. The molecule has 19 heavy (non-hydrogen) atoms. The minimum absolute atomic E-state index is 0.176. The average molecular weight is 263 g/mol. The molecule has 0 saturated heterocycles. The van der Waals surface area contributed by atoms with E-state index in [9.17, 15) is 4.79 Å². The Balaban J connectivity index is 3.80. The lowest BCUT2D eigenvalue weighted by Crippen LogP contribution is -2.28. The molecule has 4 N–H and O–H groups in total. The van der Waals surface area contributed by atoms with Crippen LogP contribution in [0.4, 0.5) is 5.69 Å². The molecule has 1 aromatic rings. The van der Waals surface area contributed by atoms with Crippen LogP contribution in [0.2, 0.25) is 0 Å². The van der Waals surface area contributed by atoms with Crippen LogP contribution in [0.25, 0.3) is 0 Å². The second-order valence-corrected chi connectivity index (χ2v) is 7.09. The first kappa shape index (κ1) is 15.5. The van der Waals surface area contributed by atoms with Crippen LogP contribution in [0, 0.1) is 6.92 Å². The van der Waals surface area contributed by atoms with Gasteiger partial charge >= 0.3 is 0 Å². The SMILES string of the molecule is Cc1c(N)c(C(C)(C)C)nc(C(C)(C)C)c1C(N)=O. The molecule has 0 saturated carbocycles. The summed E-state index contributed by atoms with van der Waals surface area (Å²) in [5.41, 5.74) is 14.5. The molecule has 0 bridgehead atoms. The van der Waals surface area contributed by atoms with Crippen LogP contribution in [-0.4, -0.2) is 10.9 Å². The van der Waals surface area contributed by atoms with Gasteiger partial charge in [-0.05, 0) is 12.5 Å². The second-order valence-electron chi connectivity index (χ2n) is 7.09. The Morgan fingerprint density at radius 2 is 1.42 bits per heavy atom. The van der Waals surface area contributed by atoms with Gasteiger partial charge in [0.2, 0.25) is 0 Å². The summed E-state index contributed by atoms with van der Waals surface area (Å²) in [7, 11) is 0. The molecule has 0 aliphatic heterocycles. The number of hydrogen-bond donors (Lipinski definition) is 2. The van der Waals surface area contributed by atoms with Gasteiger partial charge < -0.3 is 11.5 Å². The van der Waals surface area contributed by atoms with Crippen molar-refractivity contribution in [1.82, 2.24) is 4.98 Å². The normalized spacial score (nSPS) is 12.6. The van der Waals surface area contributed by atoms with E-state index in [1.165, 1.54) is 0 Å². The summed E-state index contributed by atoms with van der Waals surface area (Å²) >= 11 is 0. The largest absolute Gasteiger partial charge is 0.397 e. The number of nitrogen functional groups attached to an aromatic ring is 1. The molecule has 106 valence electrons. The van der Waals surface area contributed by atoms with Gasteiger partial charge in [-0.3, -0.25) is 9.78 Å². The number of nitrogens with zero attached hydrogens (tertiary/aromatic N) is 1. The number of pyridine rings is 1. The summed E-state index contributed by atoms with van der Waals surface area (Å²) in [6.07, 6.45) is 0. The number of carbonyl (C=O) groups is 1. The predicted molar refractivity (Wildman–Crippen MR) is 79.3 cm³/mol. The maximum atomic E-state index is 11.7. The summed E-state index contributed by atoms with van der Waals surface area (Å²) in [5.74, 6) is -0.470. The molecule has 0 spiro atoms. The van der Waals surface area contributed by atoms with Gasteiger partial charge in [0.05, 0.1) is 22.6 Å². The smallest absolute Gasteiger partial charge is 0.250 e. The fourth-order valence-corrected chi connectivity index (χ4v) is 2.13. The maximum Gasteiger partial charge on any atom is 0.250 e. The van der Waals surface area contributed by atoms with E-state index in [0.29, 0.717) is 11.3 Å². The van der Waals surface area contributed by atoms with E-state index in [2.05, 4.69) is 25.8 Å². The zero-order valence-electron chi connectivity index (χ0n) is 13.0. The Bertz CT molecular complexity index is 520. The summed E-state index contributed by atoms with van der Waals surface area (Å²) in [4.78, 5) is 16.4. The van der Waals surface area contributed by atoms with Crippen molar-refractivity contribution in [3.05, 3.63) is 22.5 Å². The van der Waals surface area contributed by atoms with Crippen LogP contribution in [0.3, 0.4) is 0 Å². The minimum Gasteiger partial charge on any atom is -0.397 e. The Morgan fingerprint density at radius 1 is 1.00 bits per heavy atom. The van der Waals surface area contributed by atoms with Crippen LogP contribution < -0.4 is 11.5 Å². The first-order chi connectivity index (χ1) is 8.37. The third kappa shape index (κ3) is 2.88. The molecule has 0 aromatic carbocycles. The number of anilines is 1. The van der Waals surface area contributed by atoms with E-state index < -0.39 is 5.91 Å².